The van der Waals surface area contributed by atoms with E-state index in [-0.39, 0.29) is 5.79 Å². The van der Waals surface area contributed by atoms with Crippen LogP contribution in [0.5, 0.6) is 0 Å². The van der Waals surface area contributed by atoms with Gasteiger partial charge in [0.25, 0.3) is 0 Å². The first-order valence-electron chi connectivity index (χ1n) is 14.6. The maximum absolute atomic E-state index is 6.29. The van der Waals surface area contributed by atoms with Crippen molar-refractivity contribution in [1.82, 2.24) is 0 Å². The molecule has 8 atom stereocenters. The van der Waals surface area contributed by atoms with Crippen molar-refractivity contribution in [3.8, 4) is 0 Å². The second-order valence-electron chi connectivity index (χ2n) is 13.9. The molecule has 6 unspecified atom stereocenters. The molecule has 5 fully saturated rings. The highest BCUT2D eigenvalue weighted by Crippen LogP contribution is 2.69. The summed E-state index contributed by atoms with van der Waals surface area (Å²) in [6.45, 7) is 14.6. The van der Waals surface area contributed by atoms with E-state index in [2.05, 4.69) is 34.6 Å². The molecule has 0 bridgehead atoms. The third kappa shape index (κ3) is 3.92. The Balaban J connectivity index is 1.27. The van der Waals surface area contributed by atoms with Crippen LogP contribution in [0.2, 0.25) is 0 Å². The maximum Gasteiger partial charge on any atom is 0.168 e. The largest absolute Gasteiger partial charge is 0.350 e. The van der Waals surface area contributed by atoms with Crippen molar-refractivity contribution in [2.75, 3.05) is 13.2 Å². The average molecular weight is 445 g/mol. The van der Waals surface area contributed by atoms with Gasteiger partial charge in [-0.1, -0.05) is 53.9 Å². The Morgan fingerprint density at radius 2 is 1.53 bits per heavy atom. The van der Waals surface area contributed by atoms with Crippen molar-refractivity contribution >= 4 is 0 Å². The zero-order valence-corrected chi connectivity index (χ0v) is 22.0. The van der Waals surface area contributed by atoms with E-state index in [1.54, 1.807) is 0 Å². The van der Waals surface area contributed by atoms with Gasteiger partial charge in [0.2, 0.25) is 0 Å². The SMILES string of the molecule is CC(C)CCC[C@@H](C)C1CCC2C3CCC4CC5(CC[C@]4(C)C3CCC21C)OCCCO5. The smallest absolute Gasteiger partial charge is 0.168 e. The molecule has 5 rings (SSSR count). The van der Waals surface area contributed by atoms with Gasteiger partial charge >= 0.3 is 0 Å². The van der Waals surface area contributed by atoms with Crippen LogP contribution in [-0.2, 0) is 9.47 Å². The quantitative estimate of drug-likeness (QED) is 0.425. The van der Waals surface area contributed by atoms with Gasteiger partial charge in [0.1, 0.15) is 0 Å². The summed E-state index contributed by atoms with van der Waals surface area (Å²) in [4.78, 5) is 0. The van der Waals surface area contributed by atoms with Gasteiger partial charge < -0.3 is 9.47 Å². The second kappa shape index (κ2) is 8.85. The molecule has 0 N–H and O–H groups in total. The zero-order chi connectivity index (χ0) is 22.6. The van der Waals surface area contributed by atoms with E-state index in [9.17, 15) is 0 Å². The summed E-state index contributed by atoms with van der Waals surface area (Å²) >= 11 is 0. The van der Waals surface area contributed by atoms with Gasteiger partial charge in [0.05, 0.1) is 13.2 Å². The van der Waals surface area contributed by atoms with Crippen molar-refractivity contribution in [3.63, 3.8) is 0 Å². The standard InChI is InChI=1S/C30H52O2/c1-21(2)8-6-9-22(3)25-12-13-26-24-11-10-23-20-30(31-18-7-19-32-30)17-16-28(23,4)27(24)14-15-29(25,26)5/h21-27H,6-20H2,1-5H3/t22-,23?,24?,25?,26?,27?,28+,29?/m1/s1. The Labute approximate surface area is 199 Å². The summed E-state index contributed by atoms with van der Waals surface area (Å²) in [6, 6.07) is 0. The summed E-state index contributed by atoms with van der Waals surface area (Å²) in [7, 11) is 0. The fourth-order valence-electron chi connectivity index (χ4n) is 10.1. The summed E-state index contributed by atoms with van der Waals surface area (Å²) < 4.78 is 12.6. The van der Waals surface area contributed by atoms with E-state index in [0.29, 0.717) is 10.8 Å². The first-order valence-corrected chi connectivity index (χ1v) is 14.6. The molecule has 1 spiro atoms. The Morgan fingerprint density at radius 1 is 0.781 bits per heavy atom. The van der Waals surface area contributed by atoms with E-state index in [1.165, 1.54) is 70.6 Å². The van der Waals surface area contributed by atoms with Crippen molar-refractivity contribution in [3.05, 3.63) is 0 Å². The first kappa shape index (κ1) is 23.7. The molecule has 184 valence electrons. The number of rotatable bonds is 5. The van der Waals surface area contributed by atoms with Crippen LogP contribution >= 0.6 is 0 Å². The van der Waals surface area contributed by atoms with Crippen LogP contribution in [-0.4, -0.2) is 19.0 Å². The minimum absolute atomic E-state index is 0.220. The number of ether oxygens (including phenoxy) is 2. The molecular formula is C30H52O2. The first-order chi connectivity index (χ1) is 15.3. The van der Waals surface area contributed by atoms with Gasteiger partial charge in [-0.3, -0.25) is 0 Å². The van der Waals surface area contributed by atoms with Crippen molar-refractivity contribution in [1.29, 1.82) is 0 Å². The Morgan fingerprint density at radius 3 is 2.28 bits per heavy atom. The van der Waals surface area contributed by atoms with Gasteiger partial charge in [-0.05, 0) is 104 Å². The molecular weight excluding hydrogens is 392 g/mol. The van der Waals surface area contributed by atoms with E-state index >= 15 is 0 Å². The predicted octanol–water partition coefficient (Wildman–Crippen LogP) is 8.24. The lowest BCUT2D eigenvalue weighted by atomic mass is 9.44. The Hall–Kier alpha value is -0.0800. The molecule has 2 nitrogen and oxygen atoms in total. The fourth-order valence-corrected chi connectivity index (χ4v) is 10.1. The van der Waals surface area contributed by atoms with Crippen LogP contribution in [0.1, 0.15) is 118 Å². The summed E-state index contributed by atoms with van der Waals surface area (Å²) in [6.07, 6.45) is 18.0. The normalized spacial score (nSPS) is 46.5. The third-order valence-corrected chi connectivity index (χ3v) is 11.9. The molecule has 0 amide bonds. The van der Waals surface area contributed by atoms with Crippen LogP contribution in [0.15, 0.2) is 0 Å². The van der Waals surface area contributed by atoms with Crippen LogP contribution in [0.25, 0.3) is 0 Å². The van der Waals surface area contributed by atoms with E-state index in [1.807, 2.05) is 0 Å². The van der Waals surface area contributed by atoms with Crippen LogP contribution < -0.4 is 0 Å². The highest BCUT2D eigenvalue weighted by molar-refractivity contribution is 5.10. The number of hydrogen-bond donors (Lipinski definition) is 0. The molecule has 5 aliphatic rings. The second-order valence-corrected chi connectivity index (χ2v) is 13.9. The molecule has 1 aliphatic heterocycles. The van der Waals surface area contributed by atoms with E-state index < -0.39 is 0 Å². The molecule has 0 aromatic heterocycles. The summed E-state index contributed by atoms with van der Waals surface area (Å²) in [5.74, 6) is 6.29. The van der Waals surface area contributed by atoms with Crippen molar-refractivity contribution in [2.24, 2.45) is 52.3 Å². The van der Waals surface area contributed by atoms with Gasteiger partial charge in [-0.15, -0.1) is 0 Å². The van der Waals surface area contributed by atoms with Crippen LogP contribution in [0, 0.1) is 52.3 Å². The molecule has 0 aromatic carbocycles. The van der Waals surface area contributed by atoms with Gasteiger partial charge in [-0.2, -0.15) is 0 Å². The van der Waals surface area contributed by atoms with E-state index in [4.69, 9.17) is 9.47 Å². The molecule has 2 heteroatoms. The molecule has 1 saturated heterocycles. The molecule has 4 aliphatic carbocycles. The lowest BCUT2D eigenvalue weighted by molar-refractivity contribution is -0.305. The molecule has 0 aromatic rings. The van der Waals surface area contributed by atoms with Gasteiger partial charge in [0.15, 0.2) is 5.79 Å². The minimum atomic E-state index is -0.220. The predicted molar refractivity (Wildman–Crippen MR) is 132 cm³/mol. The minimum Gasteiger partial charge on any atom is -0.350 e. The topological polar surface area (TPSA) is 18.5 Å². The zero-order valence-electron chi connectivity index (χ0n) is 22.0. The Kier molecular flexibility index (Phi) is 6.54. The van der Waals surface area contributed by atoms with Crippen LogP contribution in [0.4, 0.5) is 0 Å². The summed E-state index contributed by atoms with van der Waals surface area (Å²) in [5, 5.41) is 0. The number of hydrogen-bond acceptors (Lipinski definition) is 2. The molecule has 4 saturated carbocycles. The van der Waals surface area contributed by atoms with E-state index in [0.717, 1.165) is 67.5 Å². The summed E-state index contributed by atoms with van der Waals surface area (Å²) in [5.41, 5.74) is 1.15. The third-order valence-electron chi connectivity index (χ3n) is 11.9. The highest BCUT2D eigenvalue weighted by Gasteiger charge is 2.62. The fraction of sp³-hybridized carbons (Fsp3) is 1.00. The number of fused-ring (bicyclic) bond motifs is 5. The molecule has 1 heterocycles. The average Bonchev–Trinajstić information content (AvgIpc) is 3.12. The molecule has 32 heavy (non-hydrogen) atoms. The lowest BCUT2D eigenvalue weighted by Crippen LogP contribution is -2.57. The van der Waals surface area contributed by atoms with Crippen LogP contribution in [0.3, 0.4) is 0 Å². The monoisotopic (exact) mass is 444 g/mol. The van der Waals surface area contributed by atoms with Crippen molar-refractivity contribution < 1.29 is 9.47 Å². The van der Waals surface area contributed by atoms with Gasteiger partial charge in [-0.25, -0.2) is 0 Å². The molecule has 0 radical (unpaired) electrons. The lowest BCUT2D eigenvalue weighted by Gasteiger charge is -2.62. The van der Waals surface area contributed by atoms with Crippen molar-refractivity contribution in [2.45, 2.75) is 124 Å². The maximum atomic E-state index is 6.29. The Bertz CT molecular complexity index is 651. The highest BCUT2D eigenvalue weighted by atomic mass is 16.7. The van der Waals surface area contributed by atoms with Gasteiger partial charge in [0, 0.05) is 12.8 Å².